The van der Waals surface area contributed by atoms with E-state index in [1.807, 2.05) is 55.5 Å². The fourth-order valence-electron chi connectivity index (χ4n) is 2.44. The molecule has 0 atom stereocenters. The third kappa shape index (κ3) is 4.32. The van der Waals surface area contributed by atoms with Gasteiger partial charge in [-0.3, -0.25) is 0 Å². The first-order valence-corrected chi connectivity index (χ1v) is 10.0. The number of oxazole rings is 1. The molecule has 0 aliphatic heterocycles. The van der Waals surface area contributed by atoms with E-state index in [-0.39, 0.29) is 10.1 Å². The molecule has 4 rings (SSSR count). The summed E-state index contributed by atoms with van der Waals surface area (Å²) < 4.78 is 11.3. The van der Waals surface area contributed by atoms with E-state index in [0.717, 1.165) is 16.7 Å². The minimum atomic E-state index is -1.07. The van der Waals surface area contributed by atoms with E-state index in [2.05, 4.69) is 4.98 Å². The minimum absolute atomic E-state index is 0.0628. The van der Waals surface area contributed by atoms with Crippen molar-refractivity contribution in [1.82, 2.24) is 4.98 Å². The van der Waals surface area contributed by atoms with Crippen LogP contribution >= 0.6 is 23.5 Å². The van der Waals surface area contributed by atoms with Crippen LogP contribution in [0.15, 0.2) is 89.6 Å². The lowest BCUT2D eigenvalue weighted by Gasteiger charge is -1.99. The number of fused-ring (bicyclic) bond motifs is 1. The number of hydrogen-bond donors (Lipinski definition) is 1. The molecule has 5 nitrogen and oxygen atoms in total. The summed E-state index contributed by atoms with van der Waals surface area (Å²) in [6.07, 6.45) is 1.47. The lowest BCUT2D eigenvalue weighted by molar-refractivity contribution is -0.131. The SMILES string of the molecule is Cc1ccc(Sc2ccc(/C=C(/Sc3nc4ccccc4o3)C(=O)O)o2)cc1. The van der Waals surface area contributed by atoms with Crippen molar-refractivity contribution < 1.29 is 18.7 Å². The fraction of sp³-hybridized carbons (Fsp3) is 0.0476. The van der Waals surface area contributed by atoms with Gasteiger partial charge in [-0.25, -0.2) is 9.78 Å². The Morgan fingerprint density at radius 3 is 2.57 bits per heavy atom. The van der Waals surface area contributed by atoms with E-state index in [1.54, 1.807) is 12.1 Å². The number of hydrogen-bond acceptors (Lipinski definition) is 6. The molecule has 140 valence electrons. The molecule has 0 unspecified atom stereocenters. The van der Waals surface area contributed by atoms with Gasteiger partial charge in [-0.15, -0.1) is 0 Å². The molecule has 0 aliphatic carbocycles. The van der Waals surface area contributed by atoms with Crippen molar-refractivity contribution in [3.63, 3.8) is 0 Å². The molecule has 2 aromatic heterocycles. The topological polar surface area (TPSA) is 76.5 Å². The van der Waals surface area contributed by atoms with E-state index >= 15 is 0 Å². The Labute approximate surface area is 169 Å². The highest BCUT2D eigenvalue weighted by molar-refractivity contribution is 8.03. The van der Waals surface area contributed by atoms with Gasteiger partial charge in [0.2, 0.25) is 0 Å². The maximum Gasteiger partial charge on any atom is 0.342 e. The average Bonchev–Trinajstić information content (AvgIpc) is 3.29. The summed E-state index contributed by atoms with van der Waals surface area (Å²) in [6, 6.07) is 19.0. The summed E-state index contributed by atoms with van der Waals surface area (Å²) in [5, 5.41) is 10.5. The summed E-state index contributed by atoms with van der Waals surface area (Å²) in [6.45, 7) is 2.03. The second-order valence-corrected chi connectivity index (χ2v) is 8.01. The largest absolute Gasteiger partial charge is 0.477 e. The molecule has 0 amide bonds. The molecule has 0 saturated carbocycles. The standard InChI is InChI=1S/C21H15NO4S2/c1-13-6-9-15(10-7-13)27-19-11-8-14(25-19)12-18(20(23)24)28-21-22-16-4-2-3-5-17(16)26-21/h2-12H,1H3,(H,23,24)/b18-12+. The number of thioether (sulfide) groups is 1. The van der Waals surface area contributed by atoms with Gasteiger partial charge in [-0.1, -0.05) is 41.6 Å². The number of para-hydroxylation sites is 2. The predicted octanol–water partition coefficient (Wildman–Crippen LogP) is 6.10. The van der Waals surface area contributed by atoms with Crippen LogP contribution in [0.3, 0.4) is 0 Å². The zero-order chi connectivity index (χ0) is 19.5. The average molecular weight is 409 g/mol. The smallest absolute Gasteiger partial charge is 0.342 e. The fourth-order valence-corrected chi connectivity index (χ4v) is 3.95. The number of furan rings is 1. The second-order valence-electron chi connectivity index (χ2n) is 5.94. The number of carbonyl (C=O) groups is 1. The molecule has 0 bridgehead atoms. The molecule has 0 aliphatic rings. The van der Waals surface area contributed by atoms with Crippen molar-refractivity contribution in [2.75, 3.05) is 0 Å². The Hall–Kier alpha value is -2.90. The van der Waals surface area contributed by atoms with E-state index in [4.69, 9.17) is 8.83 Å². The summed E-state index contributed by atoms with van der Waals surface area (Å²) in [7, 11) is 0. The number of aliphatic carboxylic acids is 1. The van der Waals surface area contributed by atoms with Crippen LogP contribution in [0, 0.1) is 6.92 Å². The lowest BCUT2D eigenvalue weighted by atomic mass is 10.2. The number of aromatic nitrogens is 1. The summed E-state index contributed by atoms with van der Waals surface area (Å²) in [4.78, 5) is 17.1. The third-order valence-electron chi connectivity index (χ3n) is 3.80. The number of benzene rings is 2. The van der Waals surface area contributed by atoms with Crippen LogP contribution in [0.2, 0.25) is 0 Å². The van der Waals surface area contributed by atoms with Crippen LogP contribution in [-0.2, 0) is 4.79 Å². The zero-order valence-corrected chi connectivity index (χ0v) is 16.4. The molecule has 1 N–H and O–H groups in total. The Morgan fingerprint density at radius 1 is 1.04 bits per heavy atom. The van der Waals surface area contributed by atoms with Crippen LogP contribution in [-0.4, -0.2) is 16.1 Å². The molecule has 4 aromatic rings. The van der Waals surface area contributed by atoms with Crippen molar-refractivity contribution in [2.24, 2.45) is 0 Å². The lowest BCUT2D eigenvalue weighted by Crippen LogP contribution is -1.96. The van der Waals surface area contributed by atoms with Crippen molar-refractivity contribution in [1.29, 1.82) is 0 Å². The first-order valence-electron chi connectivity index (χ1n) is 8.39. The van der Waals surface area contributed by atoms with Gasteiger partial charge in [-0.05, 0) is 55.1 Å². The Bertz CT molecular complexity index is 1130. The van der Waals surface area contributed by atoms with E-state index < -0.39 is 5.97 Å². The maximum absolute atomic E-state index is 11.6. The monoisotopic (exact) mass is 409 g/mol. The van der Waals surface area contributed by atoms with Crippen LogP contribution < -0.4 is 0 Å². The predicted molar refractivity (Wildman–Crippen MR) is 109 cm³/mol. The van der Waals surface area contributed by atoms with Crippen LogP contribution in [0.25, 0.3) is 17.2 Å². The van der Waals surface area contributed by atoms with Crippen LogP contribution in [0.4, 0.5) is 0 Å². The highest BCUT2D eigenvalue weighted by atomic mass is 32.2. The number of aryl methyl sites for hydroxylation is 1. The summed E-state index contributed by atoms with van der Waals surface area (Å²) >= 11 is 2.43. The van der Waals surface area contributed by atoms with Gasteiger partial charge in [-0.2, -0.15) is 0 Å². The van der Waals surface area contributed by atoms with Crippen LogP contribution in [0.1, 0.15) is 11.3 Å². The highest BCUT2D eigenvalue weighted by Gasteiger charge is 2.16. The quantitative estimate of drug-likeness (QED) is 0.305. The van der Waals surface area contributed by atoms with Gasteiger partial charge in [0.05, 0.1) is 0 Å². The summed E-state index contributed by atoms with van der Waals surface area (Å²) in [5.74, 6) is -0.619. The highest BCUT2D eigenvalue weighted by Crippen LogP contribution is 2.33. The molecule has 2 aromatic carbocycles. The number of carboxylic acid groups (broad SMARTS) is 1. The molecular weight excluding hydrogens is 394 g/mol. The molecule has 7 heteroatoms. The molecular formula is C21H15NO4S2. The normalized spacial score (nSPS) is 11.8. The second kappa shape index (κ2) is 8.00. The number of carboxylic acids is 1. The Kier molecular flexibility index (Phi) is 5.27. The van der Waals surface area contributed by atoms with Gasteiger partial charge in [0.1, 0.15) is 16.2 Å². The molecule has 0 spiro atoms. The number of rotatable bonds is 6. The Morgan fingerprint density at radius 2 is 1.82 bits per heavy atom. The molecule has 28 heavy (non-hydrogen) atoms. The van der Waals surface area contributed by atoms with E-state index in [0.29, 0.717) is 22.0 Å². The maximum atomic E-state index is 11.6. The van der Waals surface area contributed by atoms with Gasteiger partial charge in [0.25, 0.3) is 5.22 Å². The zero-order valence-electron chi connectivity index (χ0n) is 14.8. The third-order valence-corrected chi connectivity index (χ3v) is 5.59. The first kappa shape index (κ1) is 18.5. The minimum Gasteiger partial charge on any atom is -0.477 e. The van der Waals surface area contributed by atoms with Crippen molar-refractivity contribution in [2.45, 2.75) is 22.1 Å². The number of nitrogens with zero attached hydrogens (tertiary/aromatic N) is 1. The molecule has 0 saturated heterocycles. The van der Waals surface area contributed by atoms with Gasteiger partial charge in [0.15, 0.2) is 10.7 Å². The van der Waals surface area contributed by atoms with E-state index in [1.165, 1.54) is 23.4 Å². The first-order chi connectivity index (χ1) is 13.6. The van der Waals surface area contributed by atoms with Gasteiger partial charge in [0, 0.05) is 11.0 Å². The van der Waals surface area contributed by atoms with Gasteiger partial charge >= 0.3 is 5.97 Å². The van der Waals surface area contributed by atoms with Crippen molar-refractivity contribution in [3.05, 3.63) is 76.9 Å². The van der Waals surface area contributed by atoms with Gasteiger partial charge < -0.3 is 13.9 Å². The Balaban J connectivity index is 1.53. The van der Waals surface area contributed by atoms with Crippen molar-refractivity contribution in [3.8, 4) is 0 Å². The van der Waals surface area contributed by atoms with E-state index in [9.17, 15) is 9.90 Å². The molecule has 0 fully saturated rings. The molecule has 0 radical (unpaired) electrons. The molecule has 2 heterocycles. The van der Waals surface area contributed by atoms with Crippen molar-refractivity contribution >= 4 is 46.7 Å². The van der Waals surface area contributed by atoms with Crippen LogP contribution in [0.5, 0.6) is 0 Å². The summed E-state index contributed by atoms with van der Waals surface area (Å²) in [5.41, 5.74) is 2.49.